The predicted molar refractivity (Wildman–Crippen MR) is 80.0 cm³/mol. The number of nitrogens with one attached hydrogen (secondary N) is 1. The van der Waals surface area contributed by atoms with E-state index >= 15 is 0 Å². The summed E-state index contributed by atoms with van der Waals surface area (Å²) in [7, 11) is 3.08. The largest absolute Gasteiger partial charge is 0.508 e. The summed E-state index contributed by atoms with van der Waals surface area (Å²) in [6, 6.07) is 11.9. The van der Waals surface area contributed by atoms with Crippen molar-refractivity contribution in [2.75, 3.05) is 19.5 Å². The van der Waals surface area contributed by atoms with Crippen molar-refractivity contribution >= 4 is 11.6 Å². The number of rotatable bonds is 5. The van der Waals surface area contributed by atoms with Gasteiger partial charge in [0, 0.05) is 11.6 Å². The molecular weight excluding hydrogens is 270 g/mol. The normalized spacial score (nSPS) is 10.0. The van der Waals surface area contributed by atoms with Crippen molar-refractivity contribution < 1.29 is 19.4 Å². The number of carbonyl (C=O) groups is 1. The summed E-state index contributed by atoms with van der Waals surface area (Å²) >= 11 is 0. The number of para-hydroxylation sites is 1. The van der Waals surface area contributed by atoms with E-state index in [0.29, 0.717) is 22.7 Å². The van der Waals surface area contributed by atoms with Gasteiger partial charge in [-0.25, -0.2) is 0 Å². The van der Waals surface area contributed by atoms with E-state index in [2.05, 4.69) is 5.32 Å². The minimum absolute atomic E-state index is 0.0852. The molecule has 0 spiro atoms. The number of amides is 1. The second-order valence-electron chi connectivity index (χ2n) is 4.42. The van der Waals surface area contributed by atoms with Crippen LogP contribution in [-0.4, -0.2) is 25.2 Å². The molecule has 1 amide bonds. The maximum atomic E-state index is 12.0. The highest BCUT2D eigenvalue weighted by Crippen LogP contribution is 2.29. The van der Waals surface area contributed by atoms with Gasteiger partial charge >= 0.3 is 0 Å². The first-order chi connectivity index (χ1) is 10.1. The first-order valence-electron chi connectivity index (χ1n) is 6.42. The van der Waals surface area contributed by atoms with Crippen molar-refractivity contribution in [2.24, 2.45) is 0 Å². The van der Waals surface area contributed by atoms with E-state index in [9.17, 15) is 9.90 Å². The third-order valence-corrected chi connectivity index (χ3v) is 3.03. The molecule has 21 heavy (non-hydrogen) atoms. The number of benzene rings is 2. The molecule has 2 aromatic rings. The highest BCUT2D eigenvalue weighted by Gasteiger charge is 2.11. The van der Waals surface area contributed by atoms with Crippen LogP contribution in [0.15, 0.2) is 42.5 Å². The fraction of sp³-hybridized carbons (Fsp3) is 0.188. The van der Waals surface area contributed by atoms with E-state index in [1.54, 1.807) is 49.6 Å². The summed E-state index contributed by atoms with van der Waals surface area (Å²) in [6.07, 6.45) is 0.0852. The summed E-state index contributed by atoms with van der Waals surface area (Å²) in [4.78, 5) is 12.0. The van der Waals surface area contributed by atoms with Crippen molar-refractivity contribution in [3.63, 3.8) is 0 Å². The smallest absolute Gasteiger partial charge is 0.229 e. The van der Waals surface area contributed by atoms with Gasteiger partial charge in [0.1, 0.15) is 17.2 Å². The van der Waals surface area contributed by atoms with Gasteiger partial charge in [-0.05, 0) is 18.2 Å². The lowest BCUT2D eigenvalue weighted by atomic mass is 10.1. The summed E-state index contributed by atoms with van der Waals surface area (Å²) in [6.45, 7) is 0. The first-order valence-corrected chi connectivity index (χ1v) is 6.42. The van der Waals surface area contributed by atoms with Crippen LogP contribution in [0, 0.1) is 0 Å². The van der Waals surface area contributed by atoms with E-state index in [-0.39, 0.29) is 18.1 Å². The third-order valence-electron chi connectivity index (χ3n) is 3.03. The number of anilines is 1. The molecule has 0 saturated carbocycles. The number of hydrogen-bond acceptors (Lipinski definition) is 4. The summed E-state index contributed by atoms with van der Waals surface area (Å²) in [5.41, 5.74) is 1.13. The maximum absolute atomic E-state index is 12.0. The lowest BCUT2D eigenvalue weighted by Gasteiger charge is -2.12. The molecule has 2 N–H and O–H groups in total. The Hall–Kier alpha value is -2.69. The average molecular weight is 287 g/mol. The zero-order chi connectivity index (χ0) is 15.2. The minimum atomic E-state index is -0.236. The molecule has 0 bridgehead atoms. The number of phenolic OH excluding ortho intramolecular Hbond substituents is 1. The molecule has 110 valence electrons. The zero-order valence-electron chi connectivity index (χ0n) is 11.9. The number of phenols is 1. The fourth-order valence-electron chi connectivity index (χ4n) is 1.93. The van der Waals surface area contributed by atoms with Crippen LogP contribution in [0.4, 0.5) is 5.69 Å². The summed E-state index contributed by atoms with van der Waals surface area (Å²) in [5.74, 6) is 1.03. The Balaban J connectivity index is 2.11. The fourth-order valence-corrected chi connectivity index (χ4v) is 1.93. The van der Waals surface area contributed by atoms with Gasteiger partial charge < -0.3 is 19.9 Å². The topological polar surface area (TPSA) is 67.8 Å². The molecule has 0 aromatic heterocycles. The maximum Gasteiger partial charge on any atom is 0.229 e. The third kappa shape index (κ3) is 3.66. The number of aromatic hydroxyl groups is 1. The van der Waals surface area contributed by atoms with E-state index in [0.717, 1.165) is 0 Å². The van der Waals surface area contributed by atoms with Gasteiger partial charge in [-0.3, -0.25) is 4.79 Å². The van der Waals surface area contributed by atoms with E-state index in [1.807, 2.05) is 0 Å². The highest BCUT2D eigenvalue weighted by molar-refractivity contribution is 5.94. The second kappa shape index (κ2) is 6.65. The van der Waals surface area contributed by atoms with Crippen LogP contribution in [0.5, 0.6) is 17.2 Å². The van der Waals surface area contributed by atoms with Crippen molar-refractivity contribution in [3.8, 4) is 17.2 Å². The van der Waals surface area contributed by atoms with Gasteiger partial charge in [-0.1, -0.05) is 18.2 Å². The molecule has 5 heteroatoms. The number of ether oxygens (including phenoxy) is 2. The average Bonchev–Trinajstić information content (AvgIpc) is 2.50. The zero-order valence-corrected chi connectivity index (χ0v) is 11.9. The Morgan fingerprint density at radius 3 is 2.57 bits per heavy atom. The van der Waals surface area contributed by atoms with Crippen LogP contribution in [0.25, 0.3) is 0 Å². The first kappa shape index (κ1) is 14.7. The van der Waals surface area contributed by atoms with Crippen LogP contribution >= 0.6 is 0 Å². The monoisotopic (exact) mass is 287 g/mol. The SMILES string of the molecule is COc1ccc(NC(=O)Cc2ccccc2O)c(OC)c1. The van der Waals surface area contributed by atoms with Crippen LogP contribution in [-0.2, 0) is 11.2 Å². The Labute approximate surface area is 123 Å². The van der Waals surface area contributed by atoms with Crippen molar-refractivity contribution in [3.05, 3.63) is 48.0 Å². The standard InChI is InChI=1S/C16H17NO4/c1-20-12-7-8-13(15(10-12)21-2)17-16(19)9-11-5-3-4-6-14(11)18/h3-8,10,18H,9H2,1-2H3,(H,17,19). The molecular formula is C16H17NO4. The molecule has 0 aliphatic heterocycles. The molecule has 2 aromatic carbocycles. The van der Waals surface area contributed by atoms with Crippen LogP contribution in [0.2, 0.25) is 0 Å². The van der Waals surface area contributed by atoms with E-state index < -0.39 is 0 Å². The van der Waals surface area contributed by atoms with E-state index in [1.165, 1.54) is 7.11 Å². The van der Waals surface area contributed by atoms with Gasteiger partial charge in [-0.15, -0.1) is 0 Å². The highest BCUT2D eigenvalue weighted by atomic mass is 16.5. The van der Waals surface area contributed by atoms with Crippen molar-refractivity contribution in [1.82, 2.24) is 0 Å². The van der Waals surface area contributed by atoms with Gasteiger partial charge in [0.15, 0.2) is 0 Å². The Morgan fingerprint density at radius 2 is 1.90 bits per heavy atom. The molecule has 0 saturated heterocycles. The van der Waals surface area contributed by atoms with Gasteiger partial charge in [0.25, 0.3) is 0 Å². The molecule has 0 atom stereocenters. The second-order valence-corrected chi connectivity index (χ2v) is 4.42. The Morgan fingerprint density at radius 1 is 1.14 bits per heavy atom. The lowest BCUT2D eigenvalue weighted by Crippen LogP contribution is -2.15. The molecule has 0 unspecified atom stereocenters. The molecule has 0 radical (unpaired) electrons. The number of methoxy groups -OCH3 is 2. The molecule has 2 rings (SSSR count). The molecule has 0 heterocycles. The summed E-state index contributed by atoms with van der Waals surface area (Å²) in [5, 5.41) is 12.4. The van der Waals surface area contributed by atoms with Crippen molar-refractivity contribution in [2.45, 2.75) is 6.42 Å². The Kier molecular flexibility index (Phi) is 4.66. The molecule has 0 fully saturated rings. The molecule has 5 nitrogen and oxygen atoms in total. The van der Waals surface area contributed by atoms with Crippen molar-refractivity contribution in [1.29, 1.82) is 0 Å². The predicted octanol–water partition coefficient (Wildman–Crippen LogP) is 2.59. The van der Waals surface area contributed by atoms with Crippen LogP contribution in [0.1, 0.15) is 5.56 Å². The number of hydrogen-bond donors (Lipinski definition) is 2. The molecule has 0 aliphatic carbocycles. The van der Waals surface area contributed by atoms with Gasteiger partial charge in [-0.2, -0.15) is 0 Å². The number of carbonyl (C=O) groups excluding carboxylic acids is 1. The minimum Gasteiger partial charge on any atom is -0.508 e. The molecule has 0 aliphatic rings. The van der Waals surface area contributed by atoms with Crippen LogP contribution in [0.3, 0.4) is 0 Å². The van der Waals surface area contributed by atoms with E-state index in [4.69, 9.17) is 9.47 Å². The Bertz CT molecular complexity index is 640. The quantitative estimate of drug-likeness (QED) is 0.887. The lowest BCUT2D eigenvalue weighted by molar-refractivity contribution is -0.115. The summed E-state index contributed by atoms with van der Waals surface area (Å²) < 4.78 is 10.3. The van der Waals surface area contributed by atoms with Gasteiger partial charge in [0.05, 0.1) is 26.3 Å². The van der Waals surface area contributed by atoms with Crippen LogP contribution < -0.4 is 14.8 Å². The van der Waals surface area contributed by atoms with Gasteiger partial charge in [0.2, 0.25) is 5.91 Å².